The fourth-order valence-corrected chi connectivity index (χ4v) is 4.64. The smallest absolute Gasteiger partial charge is 0.173 e. The van der Waals surface area contributed by atoms with Gasteiger partial charge >= 0.3 is 0 Å². The second-order valence-electron chi connectivity index (χ2n) is 6.82. The van der Waals surface area contributed by atoms with Crippen molar-refractivity contribution in [3.63, 3.8) is 0 Å². The average Bonchev–Trinajstić information content (AvgIpc) is 2.65. The molecule has 2 bridgehead atoms. The van der Waals surface area contributed by atoms with Crippen LogP contribution in [0.25, 0.3) is 0 Å². The molecule has 3 aliphatic rings. The maximum Gasteiger partial charge on any atom is 0.173 e. The van der Waals surface area contributed by atoms with Crippen molar-refractivity contribution in [2.45, 2.75) is 57.8 Å². The summed E-state index contributed by atoms with van der Waals surface area (Å²) in [6.45, 7) is 10.9. The fraction of sp³-hybridized carbons (Fsp3) is 0.867. The van der Waals surface area contributed by atoms with Gasteiger partial charge in [0.1, 0.15) is 0 Å². The highest BCUT2D eigenvalue weighted by atomic mass is 16.6. The molecule has 0 aromatic rings. The van der Waals surface area contributed by atoms with Crippen molar-refractivity contribution in [2.75, 3.05) is 0 Å². The molecule has 0 unspecified atom stereocenters. The van der Waals surface area contributed by atoms with Crippen LogP contribution in [0.5, 0.6) is 0 Å². The Balaban J connectivity index is 2.04. The van der Waals surface area contributed by atoms with Gasteiger partial charge in [-0.15, -0.1) is 0 Å². The molecular formula is C15H24O2. The van der Waals surface area contributed by atoms with Crippen LogP contribution in [-0.4, -0.2) is 16.5 Å². The number of hydrogen-bond acceptors (Lipinski definition) is 2. The number of hydrogen-bond donors (Lipinski definition) is 1. The summed E-state index contributed by atoms with van der Waals surface area (Å²) in [5.41, 5.74) is 1.13. The van der Waals surface area contributed by atoms with Gasteiger partial charge in [0.05, 0.1) is 5.60 Å². The Morgan fingerprint density at radius 3 is 2.76 bits per heavy atom. The normalized spacial score (nSPS) is 53.2. The zero-order chi connectivity index (χ0) is 12.4. The highest BCUT2D eigenvalue weighted by Crippen LogP contribution is 2.63. The van der Waals surface area contributed by atoms with Gasteiger partial charge in [0.25, 0.3) is 0 Å². The minimum atomic E-state index is -0.930. The first-order valence-corrected chi connectivity index (χ1v) is 6.99. The molecular weight excluding hydrogens is 212 g/mol. The summed E-state index contributed by atoms with van der Waals surface area (Å²) < 4.78 is 6.25. The highest BCUT2D eigenvalue weighted by Gasteiger charge is 2.66. The number of ether oxygens (including phenoxy) is 1. The minimum absolute atomic E-state index is 0.0982. The van der Waals surface area contributed by atoms with Gasteiger partial charge in [-0.2, -0.15) is 0 Å². The van der Waals surface area contributed by atoms with Crippen LogP contribution < -0.4 is 0 Å². The zero-order valence-electron chi connectivity index (χ0n) is 11.2. The lowest BCUT2D eigenvalue weighted by molar-refractivity contribution is -0.269. The van der Waals surface area contributed by atoms with Crippen LogP contribution in [0.3, 0.4) is 0 Å². The third-order valence-corrected chi connectivity index (χ3v) is 5.58. The maximum atomic E-state index is 10.8. The zero-order valence-corrected chi connectivity index (χ0v) is 11.2. The van der Waals surface area contributed by atoms with E-state index in [1.807, 2.05) is 0 Å². The van der Waals surface area contributed by atoms with Gasteiger partial charge in [-0.1, -0.05) is 32.9 Å². The van der Waals surface area contributed by atoms with Gasteiger partial charge in [-0.3, -0.25) is 0 Å². The molecule has 1 saturated carbocycles. The molecule has 2 heterocycles. The van der Waals surface area contributed by atoms with Crippen molar-refractivity contribution in [1.82, 2.24) is 0 Å². The van der Waals surface area contributed by atoms with E-state index in [-0.39, 0.29) is 11.5 Å². The van der Waals surface area contributed by atoms with E-state index in [2.05, 4.69) is 27.4 Å². The van der Waals surface area contributed by atoms with E-state index >= 15 is 0 Å². The van der Waals surface area contributed by atoms with Crippen molar-refractivity contribution in [3.05, 3.63) is 12.2 Å². The first-order chi connectivity index (χ1) is 7.89. The van der Waals surface area contributed by atoms with Gasteiger partial charge in [-0.25, -0.2) is 0 Å². The summed E-state index contributed by atoms with van der Waals surface area (Å²) in [6, 6.07) is 0. The van der Waals surface area contributed by atoms with E-state index in [9.17, 15) is 5.11 Å². The maximum absolute atomic E-state index is 10.8. The Kier molecular flexibility index (Phi) is 2.32. The van der Waals surface area contributed by atoms with Gasteiger partial charge < -0.3 is 9.84 Å². The quantitative estimate of drug-likeness (QED) is 0.709. The second-order valence-corrected chi connectivity index (χ2v) is 6.82. The molecule has 0 aromatic heterocycles. The number of fused-ring (bicyclic) bond motifs is 1. The lowest BCUT2D eigenvalue weighted by Crippen LogP contribution is -2.48. The van der Waals surface area contributed by atoms with Crippen molar-refractivity contribution >= 4 is 0 Å². The minimum Gasteiger partial charge on any atom is -0.365 e. The first-order valence-electron chi connectivity index (χ1n) is 6.99. The molecule has 2 aliphatic heterocycles. The molecule has 3 rings (SSSR count). The van der Waals surface area contributed by atoms with Crippen molar-refractivity contribution in [2.24, 2.45) is 23.7 Å². The van der Waals surface area contributed by atoms with Crippen LogP contribution in [0, 0.1) is 23.7 Å². The van der Waals surface area contributed by atoms with Crippen LogP contribution >= 0.6 is 0 Å². The number of aliphatic hydroxyl groups is 1. The third-order valence-electron chi connectivity index (χ3n) is 5.58. The Labute approximate surface area is 104 Å². The SMILES string of the molecule is C=C1C[C@]2(O)O[C@]3(C[C@H]2C(C)C)[C@@H]1CC[C@@H]3C. The molecule has 0 amide bonds. The third kappa shape index (κ3) is 1.34. The van der Waals surface area contributed by atoms with Crippen LogP contribution in [0.1, 0.15) is 46.5 Å². The van der Waals surface area contributed by atoms with E-state index < -0.39 is 5.79 Å². The largest absolute Gasteiger partial charge is 0.365 e. The molecule has 0 radical (unpaired) electrons. The average molecular weight is 236 g/mol. The molecule has 1 aliphatic carbocycles. The standard InChI is InChI=1S/C15H24O2/c1-9(2)13-8-14-11(4)5-6-12(14)10(3)7-15(13,16)17-14/h9,11-13,16H,3,5-8H2,1-2,4H3/t11-,12+,13-,14-,15-/m0/s1. The van der Waals surface area contributed by atoms with Crippen molar-refractivity contribution < 1.29 is 9.84 Å². The molecule has 1 N–H and O–H groups in total. The summed E-state index contributed by atoms with van der Waals surface area (Å²) in [4.78, 5) is 0. The molecule has 17 heavy (non-hydrogen) atoms. The Morgan fingerprint density at radius 1 is 1.41 bits per heavy atom. The van der Waals surface area contributed by atoms with Gasteiger partial charge in [0.2, 0.25) is 0 Å². The molecule has 3 fully saturated rings. The summed E-state index contributed by atoms with van der Waals surface area (Å²) in [6.07, 6.45) is 4.08. The molecule has 96 valence electrons. The molecule has 2 nitrogen and oxygen atoms in total. The Morgan fingerprint density at radius 2 is 2.12 bits per heavy atom. The topological polar surface area (TPSA) is 29.5 Å². The van der Waals surface area contributed by atoms with Crippen LogP contribution in [0.4, 0.5) is 0 Å². The van der Waals surface area contributed by atoms with Crippen molar-refractivity contribution in [3.8, 4) is 0 Å². The van der Waals surface area contributed by atoms with Gasteiger partial charge in [0, 0.05) is 18.3 Å². The van der Waals surface area contributed by atoms with E-state index in [0.717, 1.165) is 6.42 Å². The predicted octanol–water partition coefficient (Wildman–Crippen LogP) is 3.11. The predicted molar refractivity (Wildman–Crippen MR) is 67.4 cm³/mol. The van der Waals surface area contributed by atoms with Gasteiger partial charge in [-0.05, 0) is 31.1 Å². The van der Waals surface area contributed by atoms with E-state index in [1.165, 1.54) is 18.4 Å². The molecule has 1 spiro atoms. The summed E-state index contributed by atoms with van der Waals surface area (Å²) in [5.74, 6) is 0.852. The summed E-state index contributed by atoms with van der Waals surface area (Å²) in [7, 11) is 0. The first kappa shape index (κ1) is 11.7. The Bertz CT molecular complexity index is 362. The molecule has 5 atom stereocenters. The Hall–Kier alpha value is -0.340. The van der Waals surface area contributed by atoms with Crippen molar-refractivity contribution in [1.29, 1.82) is 0 Å². The lowest BCUT2D eigenvalue weighted by atomic mass is 9.77. The summed E-state index contributed by atoms with van der Waals surface area (Å²) in [5, 5.41) is 10.8. The van der Waals surface area contributed by atoms with Crippen LogP contribution in [0.2, 0.25) is 0 Å². The van der Waals surface area contributed by atoms with Gasteiger partial charge in [0.15, 0.2) is 5.79 Å². The monoisotopic (exact) mass is 236 g/mol. The fourth-order valence-electron chi connectivity index (χ4n) is 4.64. The van der Waals surface area contributed by atoms with Crippen LogP contribution in [-0.2, 0) is 4.74 Å². The van der Waals surface area contributed by atoms with Crippen LogP contribution in [0.15, 0.2) is 12.2 Å². The summed E-state index contributed by atoms with van der Waals surface area (Å²) >= 11 is 0. The lowest BCUT2D eigenvalue weighted by Gasteiger charge is -2.43. The second kappa shape index (κ2) is 3.36. The molecule has 2 heteroatoms. The number of rotatable bonds is 1. The van der Waals surface area contributed by atoms with E-state index in [0.29, 0.717) is 24.2 Å². The molecule has 0 aromatic carbocycles. The van der Waals surface area contributed by atoms with E-state index in [4.69, 9.17) is 4.74 Å². The van der Waals surface area contributed by atoms with E-state index in [1.54, 1.807) is 0 Å². The highest BCUT2D eigenvalue weighted by molar-refractivity contribution is 5.24. The molecule has 2 saturated heterocycles.